The summed E-state index contributed by atoms with van der Waals surface area (Å²) in [6.45, 7) is 2.05. The Bertz CT molecular complexity index is 513. The fourth-order valence-electron chi connectivity index (χ4n) is 1.47. The number of alkyl halides is 1. The molecule has 90 valence electrons. The Morgan fingerprint density at radius 3 is 2.94 bits per heavy atom. The van der Waals surface area contributed by atoms with Crippen molar-refractivity contribution in [1.29, 1.82) is 0 Å². The molecule has 1 heterocycles. The van der Waals surface area contributed by atoms with E-state index in [9.17, 15) is 4.39 Å². The van der Waals surface area contributed by atoms with E-state index in [1.807, 2.05) is 18.4 Å². The molecule has 1 nitrogen and oxygen atoms in total. The molecular formula is C12H11ClFNS2. The average Bonchev–Trinajstić information content (AvgIpc) is 2.78. The average molecular weight is 288 g/mol. The highest BCUT2D eigenvalue weighted by molar-refractivity contribution is 7.99. The molecule has 0 atom stereocenters. The SMILES string of the molecule is CCSc1cccc(F)c1-c1nc(CCl)cs1. The monoisotopic (exact) mass is 287 g/mol. The van der Waals surface area contributed by atoms with Crippen LogP contribution in [0.2, 0.25) is 0 Å². The summed E-state index contributed by atoms with van der Waals surface area (Å²) in [6, 6.07) is 5.12. The van der Waals surface area contributed by atoms with E-state index in [0.717, 1.165) is 16.3 Å². The van der Waals surface area contributed by atoms with Gasteiger partial charge in [-0.3, -0.25) is 0 Å². The Morgan fingerprint density at radius 2 is 2.29 bits per heavy atom. The van der Waals surface area contributed by atoms with Crippen LogP contribution in [0, 0.1) is 5.82 Å². The number of rotatable bonds is 4. The number of thiazole rings is 1. The standard InChI is InChI=1S/C12H11ClFNS2/c1-2-16-10-5-3-4-9(14)11(10)12-15-8(6-13)7-17-12/h3-5,7H,2,6H2,1H3. The van der Waals surface area contributed by atoms with Gasteiger partial charge in [-0.2, -0.15) is 0 Å². The van der Waals surface area contributed by atoms with Crippen LogP contribution in [0.25, 0.3) is 10.6 Å². The molecule has 0 aliphatic rings. The van der Waals surface area contributed by atoms with Gasteiger partial charge in [0.2, 0.25) is 0 Å². The van der Waals surface area contributed by atoms with E-state index < -0.39 is 0 Å². The Hall–Kier alpha value is -0.580. The lowest BCUT2D eigenvalue weighted by molar-refractivity contribution is 0.628. The number of thioether (sulfide) groups is 1. The molecule has 0 saturated heterocycles. The maximum absolute atomic E-state index is 13.9. The quantitative estimate of drug-likeness (QED) is 0.592. The highest BCUT2D eigenvalue weighted by atomic mass is 35.5. The molecule has 2 rings (SSSR count). The maximum Gasteiger partial charge on any atom is 0.134 e. The lowest BCUT2D eigenvalue weighted by Gasteiger charge is -2.06. The zero-order valence-electron chi connectivity index (χ0n) is 9.24. The molecule has 5 heteroatoms. The fourth-order valence-corrected chi connectivity index (χ4v) is 3.47. The van der Waals surface area contributed by atoms with Crippen molar-refractivity contribution < 1.29 is 4.39 Å². The van der Waals surface area contributed by atoms with E-state index in [0.29, 0.717) is 16.5 Å². The van der Waals surface area contributed by atoms with Crippen molar-refractivity contribution in [1.82, 2.24) is 4.98 Å². The third-order valence-electron chi connectivity index (χ3n) is 2.18. The van der Waals surface area contributed by atoms with Gasteiger partial charge in [0.15, 0.2) is 0 Å². The molecule has 0 amide bonds. The molecule has 0 spiro atoms. The van der Waals surface area contributed by atoms with Gasteiger partial charge in [0.05, 0.1) is 17.1 Å². The Kier molecular flexibility index (Phi) is 4.42. The summed E-state index contributed by atoms with van der Waals surface area (Å²) in [6.07, 6.45) is 0. The smallest absolute Gasteiger partial charge is 0.134 e. The summed E-state index contributed by atoms with van der Waals surface area (Å²) in [5, 5.41) is 2.57. The summed E-state index contributed by atoms with van der Waals surface area (Å²) >= 11 is 8.77. The minimum absolute atomic E-state index is 0.223. The fraction of sp³-hybridized carbons (Fsp3) is 0.250. The Morgan fingerprint density at radius 1 is 1.47 bits per heavy atom. The summed E-state index contributed by atoms with van der Waals surface area (Å²) in [5.74, 6) is 1.05. The van der Waals surface area contributed by atoms with Crippen molar-refractivity contribution in [3.63, 3.8) is 0 Å². The zero-order valence-corrected chi connectivity index (χ0v) is 11.6. The van der Waals surface area contributed by atoms with Gasteiger partial charge in [-0.15, -0.1) is 34.7 Å². The molecule has 1 aromatic heterocycles. The third kappa shape index (κ3) is 2.81. The van der Waals surface area contributed by atoms with Crippen LogP contribution in [0.4, 0.5) is 4.39 Å². The summed E-state index contributed by atoms with van der Waals surface area (Å²) in [5.41, 5.74) is 1.39. The maximum atomic E-state index is 13.9. The second-order valence-electron chi connectivity index (χ2n) is 3.32. The number of halogens is 2. The molecule has 0 bridgehead atoms. The molecule has 0 radical (unpaired) electrons. The molecule has 17 heavy (non-hydrogen) atoms. The van der Waals surface area contributed by atoms with Crippen molar-refractivity contribution in [3.8, 4) is 10.6 Å². The highest BCUT2D eigenvalue weighted by Crippen LogP contribution is 2.35. The molecule has 0 unspecified atom stereocenters. The first kappa shape index (κ1) is 12.9. The minimum atomic E-state index is -0.223. The molecule has 0 N–H and O–H groups in total. The van der Waals surface area contributed by atoms with E-state index in [4.69, 9.17) is 11.6 Å². The van der Waals surface area contributed by atoms with Crippen molar-refractivity contribution in [2.45, 2.75) is 17.7 Å². The summed E-state index contributed by atoms with van der Waals surface area (Å²) in [4.78, 5) is 5.27. The van der Waals surface area contributed by atoms with Crippen molar-refractivity contribution in [2.24, 2.45) is 0 Å². The predicted octanol–water partition coefficient (Wildman–Crippen LogP) is 4.80. The number of hydrogen-bond donors (Lipinski definition) is 0. The Labute approximate surface area is 113 Å². The topological polar surface area (TPSA) is 12.9 Å². The van der Waals surface area contributed by atoms with E-state index >= 15 is 0 Å². The Balaban J connectivity index is 2.48. The lowest BCUT2D eigenvalue weighted by atomic mass is 10.2. The third-order valence-corrected chi connectivity index (χ3v) is 4.30. The first-order valence-corrected chi connectivity index (χ1v) is 7.58. The van der Waals surface area contributed by atoms with Crippen LogP contribution >= 0.6 is 34.7 Å². The van der Waals surface area contributed by atoms with Crippen molar-refractivity contribution in [3.05, 3.63) is 35.1 Å². The van der Waals surface area contributed by atoms with Crippen molar-refractivity contribution in [2.75, 3.05) is 5.75 Å². The van der Waals surface area contributed by atoms with Crippen LogP contribution in [0.1, 0.15) is 12.6 Å². The highest BCUT2D eigenvalue weighted by Gasteiger charge is 2.14. The second-order valence-corrected chi connectivity index (χ2v) is 5.75. The minimum Gasteiger partial charge on any atom is -0.240 e. The number of benzene rings is 1. The molecule has 0 saturated carbocycles. The first-order chi connectivity index (χ1) is 8.26. The van der Waals surface area contributed by atoms with Crippen LogP contribution < -0.4 is 0 Å². The van der Waals surface area contributed by atoms with Crippen LogP contribution in [0.15, 0.2) is 28.5 Å². The van der Waals surface area contributed by atoms with Crippen LogP contribution in [-0.4, -0.2) is 10.7 Å². The van der Waals surface area contributed by atoms with Gasteiger partial charge in [-0.25, -0.2) is 9.37 Å². The second kappa shape index (κ2) is 5.85. The molecule has 0 fully saturated rings. The summed E-state index contributed by atoms with van der Waals surface area (Å²) < 4.78 is 13.9. The van der Waals surface area contributed by atoms with E-state index in [1.165, 1.54) is 17.4 Å². The molecule has 2 aromatic rings. The normalized spacial score (nSPS) is 10.8. The van der Waals surface area contributed by atoms with E-state index in [-0.39, 0.29) is 5.82 Å². The van der Waals surface area contributed by atoms with Crippen LogP contribution in [0.3, 0.4) is 0 Å². The summed E-state index contributed by atoms with van der Waals surface area (Å²) in [7, 11) is 0. The van der Waals surface area contributed by atoms with Crippen LogP contribution in [0.5, 0.6) is 0 Å². The molecule has 0 aliphatic carbocycles. The number of hydrogen-bond acceptors (Lipinski definition) is 3. The first-order valence-electron chi connectivity index (χ1n) is 5.18. The number of aromatic nitrogens is 1. The molecular weight excluding hydrogens is 277 g/mol. The van der Waals surface area contributed by atoms with E-state index in [1.54, 1.807) is 17.8 Å². The van der Waals surface area contributed by atoms with Gasteiger partial charge < -0.3 is 0 Å². The van der Waals surface area contributed by atoms with Gasteiger partial charge >= 0.3 is 0 Å². The van der Waals surface area contributed by atoms with Crippen LogP contribution in [-0.2, 0) is 5.88 Å². The van der Waals surface area contributed by atoms with Gasteiger partial charge in [-0.05, 0) is 17.9 Å². The van der Waals surface area contributed by atoms with Gasteiger partial charge in [0, 0.05) is 10.3 Å². The molecule has 0 aliphatic heterocycles. The van der Waals surface area contributed by atoms with Gasteiger partial charge in [0.25, 0.3) is 0 Å². The number of nitrogens with zero attached hydrogens (tertiary/aromatic N) is 1. The van der Waals surface area contributed by atoms with E-state index in [2.05, 4.69) is 4.98 Å². The lowest BCUT2D eigenvalue weighted by Crippen LogP contribution is -1.88. The van der Waals surface area contributed by atoms with Gasteiger partial charge in [-0.1, -0.05) is 13.0 Å². The van der Waals surface area contributed by atoms with Crippen molar-refractivity contribution >= 4 is 34.7 Å². The zero-order chi connectivity index (χ0) is 12.3. The molecule has 1 aromatic carbocycles. The predicted molar refractivity (Wildman–Crippen MR) is 73.5 cm³/mol. The largest absolute Gasteiger partial charge is 0.240 e. The van der Waals surface area contributed by atoms with Gasteiger partial charge in [0.1, 0.15) is 10.8 Å².